The van der Waals surface area contributed by atoms with Crippen LogP contribution in [0.25, 0.3) is 0 Å². The Morgan fingerprint density at radius 2 is 0.895 bits per heavy atom. The Morgan fingerprint density at radius 3 is 1.21 bits per heavy atom. The molecular formula is C26H30N2O8S2. The standard InChI is InChI=1S/C26H30N2O8S2/c1-15-11-27(12-16(2)35-15)37(31,32)19-5-7-21-23(9-19)25(29)22-8-6-20(10-24(22)26(21)30)38(33,34)28-13-17(3)36-18(4)14-28/h5-10,15-18H,11-14H2,1-4H3. The average Bonchev–Trinajstić information content (AvgIpc) is 2.85. The van der Waals surface area contributed by atoms with E-state index in [1.165, 1.54) is 45.0 Å². The van der Waals surface area contributed by atoms with Gasteiger partial charge in [0.05, 0.1) is 34.2 Å². The zero-order valence-corrected chi connectivity index (χ0v) is 23.2. The Hall–Kier alpha value is -2.48. The van der Waals surface area contributed by atoms with Gasteiger partial charge in [0.2, 0.25) is 20.0 Å². The van der Waals surface area contributed by atoms with Gasteiger partial charge in [0.25, 0.3) is 0 Å². The highest BCUT2D eigenvalue weighted by atomic mass is 32.2. The number of carbonyl (C=O) groups is 2. The Bertz CT molecular complexity index is 1400. The molecule has 10 nitrogen and oxygen atoms in total. The van der Waals surface area contributed by atoms with E-state index in [0.717, 1.165) is 0 Å². The van der Waals surface area contributed by atoms with Crippen molar-refractivity contribution in [2.75, 3.05) is 26.2 Å². The zero-order valence-electron chi connectivity index (χ0n) is 21.6. The first kappa shape index (κ1) is 27.1. The van der Waals surface area contributed by atoms with Crippen molar-refractivity contribution in [1.29, 1.82) is 0 Å². The highest BCUT2D eigenvalue weighted by molar-refractivity contribution is 7.89. The van der Waals surface area contributed by atoms with E-state index in [0.29, 0.717) is 0 Å². The van der Waals surface area contributed by atoms with Crippen molar-refractivity contribution in [2.45, 2.75) is 61.9 Å². The number of rotatable bonds is 4. The zero-order chi connectivity index (χ0) is 27.6. The van der Waals surface area contributed by atoms with Crippen molar-refractivity contribution >= 4 is 31.6 Å². The number of ketones is 2. The lowest BCUT2D eigenvalue weighted by molar-refractivity contribution is -0.0442. The third-order valence-corrected chi connectivity index (χ3v) is 10.7. The second kappa shape index (κ2) is 9.61. The minimum Gasteiger partial charge on any atom is -0.373 e. The molecule has 12 heteroatoms. The summed E-state index contributed by atoms with van der Waals surface area (Å²) in [7, 11) is -7.86. The summed E-state index contributed by atoms with van der Waals surface area (Å²) in [6, 6.07) is 7.74. The van der Waals surface area contributed by atoms with Gasteiger partial charge >= 0.3 is 0 Å². The van der Waals surface area contributed by atoms with Gasteiger partial charge in [0, 0.05) is 48.4 Å². The second-order valence-corrected chi connectivity index (χ2v) is 14.1. The van der Waals surface area contributed by atoms with E-state index in [4.69, 9.17) is 9.47 Å². The fraction of sp³-hybridized carbons (Fsp3) is 0.462. The van der Waals surface area contributed by atoms with Gasteiger partial charge in [0.1, 0.15) is 0 Å². The van der Waals surface area contributed by atoms with Gasteiger partial charge in [0.15, 0.2) is 11.6 Å². The smallest absolute Gasteiger partial charge is 0.243 e. The first-order valence-corrected chi connectivity index (χ1v) is 15.4. The Kier molecular flexibility index (Phi) is 6.86. The maximum Gasteiger partial charge on any atom is 0.243 e. The summed E-state index contributed by atoms with van der Waals surface area (Å²) in [5.74, 6) is -1.07. The molecule has 2 aromatic rings. The normalized spacial score (nSPS) is 27.2. The molecule has 0 saturated carbocycles. The van der Waals surface area contributed by atoms with Crippen LogP contribution in [-0.2, 0) is 29.5 Å². The highest BCUT2D eigenvalue weighted by Gasteiger charge is 2.37. The lowest BCUT2D eigenvalue weighted by Gasteiger charge is -2.34. The van der Waals surface area contributed by atoms with Crippen molar-refractivity contribution < 1.29 is 35.9 Å². The molecule has 2 aromatic carbocycles. The molecule has 38 heavy (non-hydrogen) atoms. The maximum absolute atomic E-state index is 13.4. The Balaban J connectivity index is 1.49. The van der Waals surface area contributed by atoms with Gasteiger partial charge in [-0.3, -0.25) is 9.59 Å². The number of sulfonamides is 2. The molecule has 204 valence electrons. The molecule has 2 fully saturated rings. The molecule has 3 aliphatic rings. The van der Waals surface area contributed by atoms with E-state index >= 15 is 0 Å². The quantitative estimate of drug-likeness (QED) is 0.473. The van der Waals surface area contributed by atoms with Gasteiger partial charge in [-0.15, -0.1) is 0 Å². The predicted octanol–water partition coefficient (Wildman–Crippen LogP) is 2.06. The third-order valence-electron chi connectivity index (χ3n) is 7.01. The van der Waals surface area contributed by atoms with Crippen LogP contribution in [0.3, 0.4) is 0 Å². The van der Waals surface area contributed by atoms with Crippen LogP contribution in [-0.4, -0.2) is 87.6 Å². The van der Waals surface area contributed by atoms with Gasteiger partial charge in [-0.05, 0) is 64.1 Å². The minimum atomic E-state index is -3.93. The lowest BCUT2D eigenvalue weighted by Crippen LogP contribution is -2.48. The first-order valence-electron chi connectivity index (χ1n) is 12.5. The summed E-state index contributed by atoms with van der Waals surface area (Å²) >= 11 is 0. The minimum absolute atomic E-state index is 0.0237. The van der Waals surface area contributed by atoms with Crippen LogP contribution >= 0.6 is 0 Å². The SMILES string of the molecule is CC1CN(S(=O)(=O)c2ccc3c(c2)C(=O)c2ccc(S(=O)(=O)N4CC(C)OC(C)C4)cc2C3=O)CC(C)O1. The molecule has 2 saturated heterocycles. The van der Waals surface area contributed by atoms with Crippen LogP contribution in [0.5, 0.6) is 0 Å². The second-order valence-electron chi connectivity index (χ2n) is 10.2. The number of nitrogens with zero attached hydrogens (tertiary/aromatic N) is 2. The predicted molar refractivity (Wildman–Crippen MR) is 137 cm³/mol. The fourth-order valence-electron chi connectivity index (χ4n) is 5.38. The molecule has 5 rings (SSSR count). The van der Waals surface area contributed by atoms with Crippen LogP contribution in [0.15, 0.2) is 46.2 Å². The van der Waals surface area contributed by atoms with Gasteiger partial charge in [-0.1, -0.05) is 0 Å². The van der Waals surface area contributed by atoms with Gasteiger partial charge < -0.3 is 9.47 Å². The third kappa shape index (κ3) is 4.63. The van der Waals surface area contributed by atoms with E-state index in [2.05, 4.69) is 0 Å². The molecule has 0 N–H and O–H groups in total. The van der Waals surface area contributed by atoms with E-state index in [9.17, 15) is 26.4 Å². The number of ether oxygens (including phenoxy) is 2. The van der Waals surface area contributed by atoms with Crippen molar-refractivity contribution in [3.8, 4) is 0 Å². The first-order chi connectivity index (χ1) is 17.8. The van der Waals surface area contributed by atoms with Gasteiger partial charge in [-0.25, -0.2) is 16.8 Å². The largest absolute Gasteiger partial charge is 0.373 e. The monoisotopic (exact) mass is 562 g/mol. The Labute approximate surface area is 222 Å². The molecule has 0 bridgehead atoms. The van der Waals surface area contributed by atoms with E-state index < -0.39 is 31.6 Å². The Morgan fingerprint density at radius 1 is 0.579 bits per heavy atom. The number of hydrogen-bond acceptors (Lipinski definition) is 8. The summed E-state index contributed by atoms with van der Waals surface area (Å²) in [6.07, 6.45) is -1.13. The number of carbonyl (C=O) groups excluding carboxylic acids is 2. The lowest BCUT2D eigenvalue weighted by atomic mass is 9.84. The molecule has 1 aliphatic carbocycles. The molecule has 0 aromatic heterocycles. The van der Waals surface area contributed by atoms with Crippen molar-refractivity contribution in [3.63, 3.8) is 0 Å². The molecule has 2 aliphatic heterocycles. The van der Waals surface area contributed by atoms with E-state index in [1.807, 2.05) is 0 Å². The molecule has 4 atom stereocenters. The molecule has 0 radical (unpaired) electrons. The summed E-state index contributed by atoms with van der Waals surface area (Å²) in [5, 5.41) is 0. The van der Waals surface area contributed by atoms with Crippen molar-refractivity contribution in [3.05, 3.63) is 58.7 Å². The summed E-state index contributed by atoms with van der Waals surface area (Å²) in [6.45, 7) is 7.87. The fourth-order valence-corrected chi connectivity index (χ4v) is 8.62. The number of benzene rings is 2. The van der Waals surface area contributed by atoms with Crippen LogP contribution in [0.4, 0.5) is 0 Å². The molecular weight excluding hydrogens is 532 g/mol. The molecule has 0 spiro atoms. The average molecular weight is 563 g/mol. The highest BCUT2D eigenvalue weighted by Crippen LogP contribution is 2.33. The van der Waals surface area contributed by atoms with Crippen LogP contribution in [0.2, 0.25) is 0 Å². The molecule has 4 unspecified atom stereocenters. The van der Waals surface area contributed by atoms with Crippen molar-refractivity contribution in [1.82, 2.24) is 8.61 Å². The maximum atomic E-state index is 13.4. The molecule has 2 heterocycles. The topological polar surface area (TPSA) is 127 Å². The summed E-state index contributed by atoms with van der Waals surface area (Å²) < 4.78 is 67.3. The number of hydrogen-bond donors (Lipinski definition) is 0. The number of morpholine rings is 2. The van der Waals surface area contributed by atoms with Gasteiger partial charge in [-0.2, -0.15) is 8.61 Å². The number of fused-ring (bicyclic) bond motifs is 2. The van der Waals surface area contributed by atoms with Crippen LogP contribution < -0.4 is 0 Å². The summed E-state index contributed by atoms with van der Waals surface area (Å²) in [4.78, 5) is 26.6. The van der Waals surface area contributed by atoms with Crippen LogP contribution in [0.1, 0.15) is 59.5 Å². The molecule has 0 amide bonds. The van der Waals surface area contributed by atoms with Crippen molar-refractivity contribution in [2.24, 2.45) is 0 Å². The van der Waals surface area contributed by atoms with Crippen LogP contribution in [0, 0.1) is 0 Å². The van der Waals surface area contributed by atoms with E-state index in [1.54, 1.807) is 27.7 Å². The van der Waals surface area contributed by atoms with E-state index in [-0.39, 0.29) is 82.6 Å². The summed E-state index contributed by atoms with van der Waals surface area (Å²) in [5.41, 5.74) is 0.0235.